The predicted octanol–water partition coefficient (Wildman–Crippen LogP) is 4.20. The van der Waals surface area contributed by atoms with E-state index in [9.17, 15) is 4.57 Å². The van der Waals surface area contributed by atoms with Crippen molar-refractivity contribution in [1.82, 2.24) is 5.32 Å². The van der Waals surface area contributed by atoms with Gasteiger partial charge in [-0.15, -0.1) is 12.4 Å². The second-order valence-electron chi connectivity index (χ2n) is 4.99. The van der Waals surface area contributed by atoms with Crippen LogP contribution in [0.5, 0.6) is 0 Å². The summed E-state index contributed by atoms with van der Waals surface area (Å²) in [6.07, 6.45) is -0.0238. The van der Waals surface area contributed by atoms with Crippen molar-refractivity contribution < 1.29 is 13.6 Å². The first-order chi connectivity index (χ1) is 8.91. The molecule has 20 heavy (non-hydrogen) atoms. The summed E-state index contributed by atoms with van der Waals surface area (Å²) in [6, 6.07) is 9.96. The van der Waals surface area contributed by atoms with Gasteiger partial charge in [-0.05, 0) is 33.3 Å². The lowest BCUT2D eigenvalue weighted by Gasteiger charge is -2.23. The van der Waals surface area contributed by atoms with Crippen LogP contribution < -0.4 is 5.32 Å². The van der Waals surface area contributed by atoms with Gasteiger partial charge in [0.25, 0.3) is 0 Å². The van der Waals surface area contributed by atoms with Crippen LogP contribution in [-0.4, -0.2) is 18.5 Å². The molecule has 1 aromatic carbocycles. The van der Waals surface area contributed by atoms with E-state index in [1.807, 2.05) is 58.0 Å². The minimum absolute atomic E-state index is 0. The highest BCUT2D eigenvalue weighted by Crippen LogP contribution is 2.49. The average molecular weight is 322 g/mol. The summed E-state index contributed by atoms with van der Waals surface area (Å²) in [6.45, 7) is 8.07. The Hall–Kier alpha value is -0.380. The largest absolute Gasteiger partial charge is 0.344 e. The maximum absolute atomic E-state index is 12.5. The van der Waals surface area contributed by atoms with Gasteiger partial charge in [0.15, 0.2) is 0 Å². The molecule has 0 spiro atoms. The number of halogens is 1. The molecule has 0 heterocycles. The summed E-state index contributed by atoms with van der Waals surface area (Å²) in [5.41, 5.74) is 1.14. The number of nitrogens with one attached hydrogen (secondary N) is 1. The fraction of sp³-hybridized carbons (Fsp3) is 0.571. The Morgan fingerprint density at radius 3 is 2.00 bits per heavy atom. The molecular formula is C14H25ClNO3P. The van der Waals surface area contributed by atoms with Gasteiger partial charge in [-0.3, -0.25) is 4.57 Å². The zero-order valence-electron chi connectivity index (χ0n) is 12.5. The van der Waals surface area contributed by atoms with E-state index in [4.69, 9.17) is 9.05 Å². The Morgan fingerprint density at radius 1 is 1.05 bits per heavy atom. The number of hydrogen-bond acceptors (Lipinski definition) is 4. The van der Waals surface area contributed by atoms with Gasteiger partial charge in [0.2, 0.25) is 0 Å². The van der Waals surface area contributed by atoms with Crippen molar-refractivity contribution in [2.24, 2.45) is 0 Å². The van der Waals surface area contributed by atoms with Crippen LogP contribution in [0, 0.1) is 0 Å². The van der Waals surface area contributed by atoms with Crippen LogP contribution in [0.25, 0.3) is 0 Å². The van der Waals surface area contributed by atoms with Crippen molar-refractivity contribution in [3.05, 3.63) is 35.9 Å². The molecule has 0 fully saturated rings. The average Bonchev–Trinajstić information content (AvgIpc) is 2.27. The van der Waals surface area contributed by atoms with E-state index in [2.05, 4.69) is 5.32 Å². The molecule has 0 aromatic heterocycles. The van der Waals surface area contributed by atoms with E-state index in [0.29, 0.717) is 6.54 Å². The first kappa shape index (κ1) is 19.6. The SMILES string of the molecule is CC(C)OP(=O)(CNCc1ccccc1)OC(C)C.Cl. The third-order valence-corrected chi connectivity index (χ3v) is 4.32. The fourth-order valence-corrected chi connectivity index (χ4v) is 3.54. The molecule has 1 aromatic rings. The van der Waals surface area contributed by atoms with Crippen molar-refractivity contribution in [2.75, 3.05) is 6.29 Å². The summed E-state index contributed by atoms with van der Waals surface area (Å²) in [5, 5.41) is 3.14. The molecule has 0 amide bonds. The molecule has 1 N–H and O–H groups in total. The van der Waals surface area contributed by atoms with Crippen LogP contribution in [0.1, 0.15) is 33.3 Å². The molecule has 0 bridgehead atoms. The third kappa shape index (κ3) is 8.03. The molecule has 0 unspecified atom stereocenters. The van der Waals surface area contributed by atoms with Crippen LogP contribution in [0.15, 0.2) is 30.3 Å². The van der Waals surface area contributed by atoms with Crippen LogP contribution in [0.3, 0.4) is 0 Å². The van der Waals surface area contributed by atoms with Crippen molar-refractivity contribution >= 4 is 20.0 Å². The Morgan fingerprint density at radius 2 is 1.55 bits per heavy atom. The fourth-order valence-electron chi connectivity index (χ4n) is 1.67. The van der Waals surface area contributed by atoms with E-state index in [-0.39, 0.29) is 30.9 Å². The monoisotopic (exact) mass is 321 g/mol. The Balaban J connectivity index is 0.00000361. The standard InChI is InChI=1S/C14H24NO3P.ClH/c1-12(2)17-19(16,18-13(3)4)11-15-10-14-8-6-5-7-9-14;/h5-9,12-13,15H,10-11H2,1-4H3;1H. The quantitative estimate of drug-likeness (QED) is 0.729. The molecule has 0 radical (unpaired) electrons. The normalized spacial score (nSPS) is 11.7. The first-order valence-electron chi connectivity index (χ1n) is 6.62. The van der Waals surface area contributed by atoms with Gasteiger partial charge in [-0.1, -0.05) is 30.3 Å². The van der Waals surface area contributed by atoms with Gasteiger partial charge in [-0.2, -0.15) is 0 Å². The predicted molar refractivity (Wildman–Crippen MR) is 85.4 cm³/mol. The zero-order chi connectivity index (χ0) is 14.3. The first-order valence-corrected chi connectivity index (χ1v) is 8.34. The summed E-state index contributed by atoms with van der Waals surface area (Å²) in [7, 11) is -3.08. The van der Waals surface area contributed by atoms with Crippen LogP contribution in [0.4, 0.5) is 0 Å². The van der Waals surface area contributed by atoms with Crippen LogP contribution >= 0.6 is 20.0 Å². The molecule has 0 atom stereocenters. The minimum atomic E-state index is -3.08. The van der Waals surface area contributed by atoms with Gasteiger partial charge in [0.05, 0.1) is 18.5 Å². The molecule has 1 rings (SSSR count). The Kier molecular flexibility index (Phi) is 9.36. The van der Waals surface area contributed by atoms with Crippen LogP contribution in [0.2, 0.25) is 0 Å². The zero-order valence-corrected chi connectivity index (χ0v) is 14.2. The summed E-state index contributed by atoms with van der Waals surface area (Å²) in [5.74, 6) is 0. The Bertz CT molecular complexity index is 398. The van der Waals surface area contributed by atoms with E-state index < -0.39 is 7.60 Å². The van der Waals surface area contributed by atoms with Gasteiger partial charge in [0.1, 0.15) is 0 Å². The molecule has 0 saturated heterocycles. The summed E-state index contributed by atoms with van der Waals surface area (Å²) in [4.78, 5) is 0. The highest BCUT2D eigenvalue weighted by molar-refractivity contribution is 7.53. The molecule has 0 aliphatic carbocycles. The second kappa shape index (κ2) is 9.54. The molecule has 4 nitrogen and oxygen atoms in total. The molecule has 0 aliphatic heterocycles. The van der Waals surface area contributed by atoms with Crippen LogP contribution in [-0.2, 0) is 20.2 Å². The highest BCUT2D eigenvalue weighted by Gasteiger charge is 2.27. The molecule has 0 saturated carbocycles. The topological polar surface area (TPSA) is 47.6 Å². The van der Waals surface area contributed by atoms with Crippen molar-refractivity contribution in [3.8, 4) is 0 Å². The number of rotatable bonds is 8. The molecule has 116 valence electrons. The van der Waals surface area contributed by atoms with Crippen molar-refractivity contribution in [1.29, 1.82) is 0 Å². The van der Waals surface area contributed by atoms with E-state index >= 15 is 0 Å². The van der Waals surface area contributed by atoms with Gasteiger partial charge in [0, 0.05) is 6.54 Å². The lowest BCUT2D eigenvalue weighted by atomic mass is 10.2. The highest BCUT2D eigenvalue weighted by atomic mass is 35.5. The van der Waals surface area contributed by atoms with Gasteiger partial charge in [-0.25, -0.2) is 0 Å². The lowest BCUT2D eigenvalue weighted by molar-refractivity contribution is 0.141. The maximum Gasteiger partial charge on any atom is 0.344 e. The minimum Gasteiger partial charge on any atom is -0.305 e. The number of hydrogen-bond donors (Lipinski definition) is 1. The van der Waals surface area contributed by atoms with E-state index in [1.54, 1.807) is 0 Å². The third-order valence-electron chi connectivity index (χ3n) is 2.22. The van der Waals surface area contributed by atoms with E-state index in [1.165, 1.54) is 0 Å². The Labute approximate surface area is 128 Å². The second-order valence-corrected chi connectivity index (χ2v) is 6.95. The van der Waals surface area contributed by atoms with Crippen molar-refractivity contribution in [3.63, 3.8) is 0 Å². The maximum atomic E-state index is 12.5. The molecule has 0 aliphatic rings. The van der Waals surface area contributed by atoms with Gasteiger partial charge < -0.3 is 14.4 Å². The molecule has 6 heteroatoms. The lowest BCUT2D eigenvalue weighted by Crippen LogP contribution is -2.20. The van der Waals surface area contributed by atoms with E-state index in [0.717, 1.165) is 5.56 Å². The van der Waals surface area contributed by atoms with Gasteiger partial charge >= 0.3 is 7.60 Å². The van der Waals surface area contributed by atoms with Crippen molar-refractivity contribution in [2.45, 2.75) is 46.4 Å². The summed E-state index contributed by atoms with van der Waals surface area (Å²) < 4.78 is 23.4. The summed E-state index contributed by atoms with van der Waals surface area (Å²) >= 11 is 0. The number of benzene rings is 1. The smallest absolute Gasteiger partial charge is 0.305 e. The molecular weight excluding hydrogens is 297 g/mol.